The number of aryl methyl sites for hydroxylation is 2. The summed E-state index contributed by atoms with van der Waals surface area (Å²) in [5.74, 6) is 0.882. The monoisotopic (exact) mass is 434 g/mol. The average Bonchev–Trinajstić information content (AvgIpc) is 3.24. The van der Waals surface area contributed by atoms with Gasteiger partial charge in [-0.15, -0.1) is 0 Å². The third-order valence-electron chi connectivity index (χ3n) is 5.72. The van der Waals surface area contributed by atoms with Crippen LogP contribution in [0, 0.1) is 13.8 Å². The number of nitrogens with zero attached hydrogens (tertiary/aromatic N) is 5. The molecule has 5 rings (SSSR count). The number of pyridine rings is 3. The molecule has 0 saturated heterocycles. The van der Waals surface area contributed by atoms with E-state index in [0.717, 1.165) is 51.9 Å². The molecule has 0 saturated carbocycles. The Labute approximate surface area is 193 Å². The van der Waals surface area contributed by atoms with E-state index in [0.29, 0.717) is 6.54 Å². The van der Waals surface area contributed by atoms with Crippen molar-refractivity contribution in [3.05, 3.63) is 95.6 Å². The van der Waals surface area contributed by atoms with Crippen molar-refractivity contribution in [2.75, 3.05) is 7.05 Å². The van der Waals surface area contributed by atoms with Crippen molar-refractivity contribution < 1.29 is 0 Å². The summed E-state index contributed by atoms with van der Waals surface area (Å²) >= 11 is 0. The summed E-state index contributed by atoms with van der Waals surface area (Å²) in [6.45, 7) is 5.67. The molecule has 33 heavy (non-hydrogen) atoms. The van der Waals surface area contributed by atoms with Gasteiger partial charge in [-0.2, -0.15) is 0 Å². The minimum Gasteiger partial charge on any atom is -0.339 e. The summed E-state index contributed by atoms with van der Waals surface area (Å²) in [6.07, 6.45) is 1.78. The lowest BCUT2D eigenvalue weighted by atomic mass is 10.1. The summed E-state index contributed by atoms with van der Waals surface area (Å²) < 4.78 is 0. The fourth-order valence-corrected chi connectivity index (χ4v) is 4.03. The summed E-state index contributed by atoms with van der Waals surface area (Å²) in [5.41, 5.74) is 8.64. The molecule has 164 valence electrons. The Morgan fingerprint density at radius 1 is 0.758 bits per heavy atom. The molecule has 0 radical (unpaired) electrons. The Hall–Kier alpha value is -3.90. The number of imidazole rings is 1. The highest BCUT2D eigenvalue weighted by Crippen LogP contribution is 2.29. The van der Waals surface area contributed by atoms with Crippen LogP contribution in [0.2, 0.25) is 0 Å². The summed E-state index contributed by atoms with van der Waals surface area (Å²) in [4.78, 5) is 24.7. The molecule has 4 heterocycles. The number of hydrogen-bond donors (Lipinski definition) is 1. The first kappa shape index (κ1) is 21.0. The predicted octanol–water partition coefficient (Wildman–Crippen LogP) is 5.33. The largest absolute Gasteiger partial charge is 0.339 e. The molecule has 0 fully saturated rings. The molecule has 0 aliphatic carbocycles. The SMILES string of the molecule is Cc1cccc(-c2nc(CN(C)Cc3ccccc3C)[nH]c2-c2ccc3ncccc3n2)n1. The zero-order valence-corrected chi connectivity index (χ0v) is 19.1. The van der Waals surface area contributed by atoms with E-state index in [1.807, 2.05) is 49.4 Å². The van der Waals surface area contributed by atoms with E-state index in [-0.39, 0.29) is 0 Å². The number of fused-ring (bicyclic) bond motifs is 1. The van der Waals surface area contributed by atoms with Crippen LogP contribution in [0.3, 0.4) is 0 Å². The summed E-state index contributed by atoms with van der Waals surface area (Å²) in [5, 5.41) is 0. The molecule has 0 spiro atoms. The zero-order chi connectivity index (χ0) is 22.8. The number of aromatic nitrogens is 5. The first-order valence-electron chi connectivity index (χ1n) is 11.0. The molecule has 0 aliphatic rings. The van der Waals surface area contributed by atoms with Gasteiger partial charge in [-0.25, -0.2) is 9.97 Å². The highest BCUT2D eigenvalue weighted by atomic mass is 15.1. The first-order chi connectivity index (χ1) is 16.1. The van der Waals surface area contributed by atoms with Crippen molar-refractivity contribution in [2.45, 2.75) is 26.9 Å². The van der Waals surface area contributed by atoms with E-state index in [4.69, 9.17) is 15.0 Å². The molecule has 1 aromatic carbocycles. The standard InChI is InChI=1S/C27H26N6/c1-18-8-4-5-10-20(18)16-33(3)17-25-31-26(23-11-6-9-19(2)29-23)27(32-25)24-14-13-21-22(30-24)12-7-15-28-21/h4-15H,16-17H2,1-3H3,(H,31,32). The highest BCUT2D eigenvalue weighted by molar-refractivity contribution is 5.81. The Morgan fingerprint density at radius 2 is 1.64 bits per heavy atom. The Kier molecular flexibility index (Phi) is 5.67. The molecular weight excluding hydrogens is 408 g/mol. The van der Waals surface area contributed by atoms with Crippen LogP contribution in [0.15, 0.2) is 72.9 Å². The Morgan fingerprint density at radius 3 is 2.48 bits per heavy atom. The highest BCUT2D eigenvalue weighted by Gasteiger charge is 2.18. The number of rotatable bonds is 6. The normalized spacial score (nSPS) is 11.4. The molecule has 4 aromatic heterocycles. The van der Waals surface area contributed by atoms with Crippen LogP contribution in [0.5, 0.6) is 0 Å². The molecule has 0 unspecified atom stereocenters. The van der Waals surface area contributed by atoms with E-state index >= 15 is 0 Å². The van der Waals surface area contributed by atoms with Crippen LogP contribution in [0.1, 0.15) is 22.6 Å². The number of hydrogen-bond acceptors (Lipinski definition) is 5. The van der Waals surface area contributed by atoms with Crippen molar-refractivity contribution in [2.24, 2.45) is 0 Å². The van der Waals surface area contributed by atoms with Crippen molar-refractivity contribution in [3.8, 4) is 22.8 Å². The average molecular weight is 435 g/mol. The molecule has 6 nitrogen and oxygen atoms in total. The summed E-state index contributed by atoms with van der Waals surface area (Å²) in [6, 6.07) is 22.3. The van der Waals surface area contributed by atoms with Gasteiger partial charge in [0.2, 0.25) is 0 Å². The van der Waals surface area contributed by atoms with Gasteiger partial charge in [-0.1, -0.05) is 30.3 Å². The van der Waals surface area contributed by atoms with Crippen LogP contribution in [-0.4, -0.2) is 36.9 Å². The quantitative estimate of drug-likeness (QED) is 0.391. The Bertz CT molecular complexity index is 1420. The van der Waals surface area contributed by atoms with Crippen LogP contribution in [0.25, 0.3) is 33.8 Å². The van der Waals surface area contributed by atoms with Crippen LogP contribution in [-0.2, 0) is 13.1 Å². The smallest absolute Gasteiger partial charge is 0.121 e. The van der Waals surface area contributed by atoms with E-state index in [1.54, 1.807) is 6.20 Å². The lowest BCUT2D eigenvalue weighted by Crippen LogP contribution is -2.18. The van der Waals surface area contributed by atoms with Gasteiger partial charge >= 0.3 is 0 Å². The third kappa shape index (κ3) is 4.52. The lowest BCUT2D eigenvalue weighted by molar-refractivity contribution is 0.311. The van der Waals surface area contributed by atoms with Crippen molar-refractivity contribution in [1.82, 2.24) is 29.8 Å². The molecule has 0 aliphatic heterocycles. The molecule has 1 N–H and O–H groups in total. The van der Waals surface area contributed by atoms with Gasteiger partial charge < -0.3 is 4.98 Å². The van der Waals surface area contributed by atoms with Gasteiger partial charge in [0.15, 0.2) is 0 Å². The van der Waals surface area contributed by atoms with Gasteiger partial charge in [0.05, 0.1) is 34.7 Å². The van der Waals surface area contributed by atoms with Gasteiger partial charge in [0.1, 0.15) is 11.5 Å². The van der Waals surface area contributed by atoms with E-state index in [1.165, 1.54) is 11.1 Å². The van der Waals surface area contributed by atoms with Crippen molar-refractivity contribution in [3.63, 3.8) is 0 Å². The van der Waals surface area contributed by atoms with Crippen LogP contribution >= 0.6 is 0 Å². The lowest BCUT2D eigenvalue weighted by Gasteiger charge is -2.16. The van der Waals surface area contributed by atoms with Gasteiger partial charge in [0, 0.05) is 18.4 Å². The zero-order valence-electron chi connectivity index (χ0n) is 19.1. The van der Waals surface area contributed by atoms with E-state index in [2.05, 4.69) is 53.1 Å². The maximum absolute atomic E-state index is 4.97. The second-order valence-corrected chi connectivity index (χ2v) is 8.41. The van der Waals surface area contributed by atoms with E-state index < -0.39 is 0 Å². The maximum atomic E-state index is 4.97. The molecular formula is C27H26N6. The molecule has 0 amide bonds. The topological polar surface area (TPSA) is 70.6 Å². The number of aromatic amines is 1. The minimum absolute atomic E-state index is 0.683. The van der Waals surface area contributed by atoms with Crippen molar-refractivity contribution in [1.29, 1.82) is 0 Å². The fourth-order valence-electron chi connectivity index (χ4n) is 4.03. The minimum atomic E-state index is 0.683. The van der Waals surface area contributed by atoms with E-state index in [9.17, 15) is 0 Å². The van der Waals surface area contributed by atoms with Gasteiger partial charge in [-0.05, 0) is 68.4 Å². The first-order valence-corrected chi connectivity index (χ1v) is 11.0. The second-order valence-electron chi connectivity index (χ2n) is 8.41. The number of H-pyrrole nitrogens is 1. The fraction of sp³-hybridized carbons (Fsp3) is 0.185. The van der Waals surface area contributed by atoms with Gasteiger partial charge in [0.25, 0.3) is 0 Å². The van der Waals surface area contributed by atoms with Gasteiger partial charge in [-0.3, -0.25) is 14.9 Å². The Balaban J connectivity index is 1.52. The maximum Gasteiger partial charge on any atom is 0.121 e. The van der Waals surface area contributed by atoms with Crippen molar-refractivity contribution >= 4 is 11.0 Å². The molecule has 0 atom stereocenters. The second kappa shape index (κ2) is 8.92. The van der Waals surface area contributed by atoms with Crippen LogP contribution in [0.4, 0.5) is 0 Å². The predicted molar refractivity (Wildman–Crippen MR) is 131 cm³/mol. The van der Waals surface area contributed by atoms with Crippen LogP contribution < -0.4 is 0 Å². The molecule has 5 aromatic rings. The molecule has 0 bridgehead atoms. The number of nitrogens with one attached hydrogen (secondary N) is 1. The summed E-state index contributed by atoms with van der Waals surface area (Å²) in [7, 11) is 2.11. The molecule has 6 heteroatoms. The third-order valence-corrected chi connectivity index (χ3v) is 5.72. The number of benzene rings is 1.